The summed E-state index contributed by atoms with van der Waals surface area (Å²) in [5.74, 6) is 0.0488. The molecule has 0 aliphatic rings. The van der Waals surface area contributed by atoms with Crippen molar-refractivity contribution < 1.29 is 4.79 Å². The van der Waals surface area contributed by atoms with Crippen molar-refractivity contribution in [3.05, 3.63) is 58.4 Å². The number of anilines is 1. The smallest absolute Gasteiger partial charge is 0.253 e. The van der Waals surface area contributed by atoms with Crippen LogP contribution in [-0.4, -0.2) is 44.7 Å². The zero-order chi connectivity index (χ0) is 18.8. The van der Waals surface area contributed by atoms with Crippen LogP contribution in [0.1, 0.15) is 21.5 Å². The summed E-state index contributed by atoms with van der Waals surface area (Å²) in [6, 6.07) is 9.16. The second kappa shape index (κ2) is 7.13. The number of hydrogen-bond acceptors (Lipinski definition) is 5. The fraction of sp³-hybridized carbons (Fsp3) is 0.222. The van der Waals surface area contributed by atoms with E-state index < -0.39 is 0 Å². The van der Waals surface area contributed by atoms with E-state index in [0.717, 1.165) is 11.1 Å². The fourth-order valence-corrected chi connectivity index (χ4v) is 2.96. The van der Waals surface area contributed by atoms with Gasteiger partial charge in [-0.25, -0.2) is 9.97 Å². The lowest BCUT2D eigenvalue weighted by Gasteiger charge is -2.14. The second-order valence-corrected chi connectivity index (χ2v) is 6.53. The number of nitrogens with two attached hydrogens (primary N) is 1. The largest absolute Gasteiger partial charge is 0.368 e. The molecule has 0 aliphatic heterocycles. The van der Waals surface area contributed by atoms with E-state index in [2.05, 4.69) is 15.1 Å². The predicted molar refractivity (Wildman–Crippen MR) is 101 cm³/mol. The molecule has 0 bridgehead atoms. The highest BCUT2D eigenvalue weighted by molar-refractivity contribution is 6.29. The SMILES string of the molecule is CN(C)C(=O)c1ccccc1Cc1cn(C)nc1-c1cc(Cl)nc(N)n1. The summed E-state index contributed by atoms with van der Waals surface area (Å²) in [6.45, 7) is 0. The van der Waals surface area contributed by atoms with Gasteiger partial charge in [-0.15, -0.1) is 0 Å². The molecule has 0 saturated carbocycles. The summed E-state index contributed by atoms with van der Waals surface area (Å²) in [6.07, 6.45) is 2.43. The number of nitrogen functional groups attached to an aromatic ring is 1. The summed E-state index contributed by atoms with van der Waals surface area (Å²) < 4.78 is 1.70. The van der Waals surface area contributed by atoms with Crippen LogP contribution in [0.25, 0.3) is 11.4 Å². The molecule has 0 aliphatic carbocycles. The van der Waals surface area contributed by atoms with Crippen LogP contribution >= 0.6 is 11.6 Å². The van der Waals surface area contributed by atoms with Crippen molar-refractivity contribution in [2.24, 2.45) is 7.05 Å². The minimum atomic E-state index is -0.0413. The Morgan fingerprint density at radius 1 is 1.23 bits per heavy atom. The minimum Gasteiger partial charge on any atom is -0.368 e. The molecule has 7 nitrogen and oxygen atoms in total. The Hall–Kier alpha value is -2.93. The molecule has 26 heavy (non-hydrogen) atoms. The molecule has 0 unspecified atom stereocenters. The van der Waals surface area contributed by atoms with Gasteiger partial charge in [-0.2, -0.15) is 5.10 Å². The van der Waals surface area contributed by atoms with Gasteiger partial charge in [-0.3, -0.25) is 9.48 Å². The molecule has 2 aromatic heterocycles. The molecule has 134 valence electrons. The zero-order valence-electron chi connectivity index (χ0n) is 14.8. The normalized spacial score (nSPS) is 10.8. The molecule has 2 N–H and O–H groups in total. The molecule has 3 rings (SSSR count). The topological polar surface area (TPSA) is 89.9 Å². The molecule has 0 fully saturated rings. The van der Waals surface area contributed by atoms with Gasteiger partial charge < -0.3 is 10.6 Å². The maximum absolute atomic E-state index is 12.5. The van der Waals surface area contributed by atoms with E-state index in [-0.39, 0.29) is 17.0 Å². The monoisotopic (exact) mass is 370 g/mol. The first kappa shape index (κ1) is 17.9. The van der Waals surface area contributed by atoms with Gasteiger partial charge in [0.1, 0.15) is 10.8 Å². The fourth-order valence-electron chi connectivity index (χ4n) is 2.77. The van der Waals surface area contributed by atoms with Gasteiger partial charge in [-0.1, -0.05) is 29.8 Å². The Bertz CT molecular complexity index is 946. The number of hydrogen-bond donors (Lipinski definition) is 1. The highest BCUT2D eigenvalue weighted by Crippen LogP contribution is 2.26. The number of halogens is 1. The summed E-state index contributed by atoms with van der Waals surface area (Å²) in [4.78, 5) is 22.1. The quantitative estimate of drug-likeness (QED) is 0.712. The van der Waals surface area contributed by atoms with Crippen molar-refractivity contribution in [3.63, 3.8) is 0 Å². The Kier molecular flexibility index (Phi) is 4.90. The van der Waals surface area contributed by atoms with Crippen LogP contribution in [0.2, 0.25) is 5.15 Å². The first-order valence-corrected chi connectivity index (χ1v) is 8.35. The summed E-state index contributed by atoms with van der Waals surface area (Å²) in [5.41, 5.74) is 9.41. The standard InChI is InChI=1S/C18H19ClN6O/c1-24(2)17(26)13-7-5-4-6-11(13)8-12-10-25(3)23-16(12)14-9-15(19)22-18(20)21-14/h4-7,9-10H,8H2,1-3H3,(H2,20,21,22). The lowest BCUT2D eigenvalue weighted by molar-refractivity contribution is 0.0826. The molecular weight excluding hydrogens is 352 g/mol. The van der Waals surface area contributed by atoms with Crippen LogP contribution < -0.4 is 5.73 Å². The number of amides is 1. The maximum Gasteiger partial charge on any atom is 0.253 e. The van der Waals surface area contributed by atoms with E-state index in [1.54, 1.807) is 29.7 Å². The summed E-state index contributed by atoms with van der Waals surface area (Å²) in [7, 11) is 5.30. The van der Waals surface area contributed by atoms with Crippen molar-refractivity contribution >= 4 is 23.5 Å². The van der Waals surface area contributed by atoms with Crippen LogP contribution in [0.5, 0.6) is 0 Å². The van der Waals surface area contributed by atoms with Crippen molar-refractivity contribution in [2.75, 3.05) is 19.8 Å². The first-order chi connectivity index (χ1) is 12.3. The minimum absolute atomic E-state index is 0.0413. The molecular formula is C18H19ClN6O. The zero-order valence-corrected chi connectivity index (χ0v) is 15.5. The molecule has 0 radical (unpaired) electrons. The van der Waals surface area contributed by atoms with E-state index in [1.165, 1.54) is 0 Å². The second-order valence-electron chi connectivity index (χ2n) is 6.14. The van der Waals surface area contributed by atoms with Gasteiger partial charge in [-0.05, 0) is 11.6 Å². The number of carbonyl (C=O) groups is 1. The Morgan fingerprint density at radius 3 is 2.65 bits per heavy atom. The molecule has 0 saturated heterocycles. The third-order valence-corrected chi connectivity index (χ3v) is 4.09. The van der Waals surface area contributed by atoms with Crippen molar-refractivity contribution in [3.8, 4) is 11.4 Å². The maximum atomic E-state index is 12.5. The van der Waals surface area contributed by atoms with Gasteiger partial charge in [0.05, 0.1) is 5.69 Å². The number of aryl methyl sites for hydroxylation is 1. The third-order valence-electron chi connectivity index (χ3n) is 3.89. The highest BCUT2D eigenvalue weighted by atomic mass is 35.5. The summed E-state index contributed by atoms with van der Waals surface area (Å²) >= 11 is 6.01. The van der Waals surface area contributed by atoms with E-state index in [1.807, 2.05) is 37.5 Å². The van der Waals surface area contributed by atoms with Gasteiger partial charge in [0, 0.05) is 51.0 Å². The number of aromatic nitrogens is 4. The van der Waals surface area contributed by atoms with E-state index in [0.29, 0.717) is 23.4 Å². The number of rotatable bonds is 4. The predicted octanol–water partition coefficient (Wildman–Crippen LogP) is 2.41. The van der Waals surface area contributed by atoms with Gasteiger partial charge in [0.25, 0.3) is 5.91 Å². The van der Waals surface area contributed by atoms with Gasteiger partial charge >= 0.3 is 0 Å². The molecule has 0 atom stereocenters. The Labute approximate surface area is 156 Å². The highest BCUT2D eigenvalue weighted by Gasteiger charge is 2.18. The van der Waals surface area contributed by atoms with Gasteiger partial charge in [0.15, 0.2) is 0 Å². The number of nitrogens with zero attached hydrogens (tertiary/aromatic N) is 5. The van der Waals surface area contributed by atoms with Crippen molar-refractivity contribution in [2.45, 2.75) is 6.42 Å². The van der Waals surface area contributed by atoms with Crippen LogP contribution in [-0.2, 0) is 13.5 Å². The Morgan fingerprint density at radius 2 is 1.96 bits per heavy atom. The van der Waals surface area contributed by atoms with Gasteiger partial charge in [0.2, 0.25) is 5.95 Å². The molecule has 0 spiro atoms. The molecule has 8 heteroatoms. The molecule has 1 aromatic carbocycles. The summed E-state index contributed by atoms with van der Waals surface area (Å²) in [5, 5.41) is 4.74. The molecule has 2 heterocycles. The average molecular weight is 371 g/mol. The Balaban J connectivity index is 2.04. The average Bonchev–Trinajstić information content (AvgIpc) is 2.94. The van der Waals surface area contributed by atoms with Crippen LogP contribution in [0, 0.1) is 0 Å². The third kappa shape index (κ3) is 3.67. The van der Waals surface area contributed by atoms with E-state index >= 15 is 0 Å². The van der Waals surface area contributed by atoms with Crippen molar-refractivity contribution in [1.29, 1.82) is 0 Å². The van der Waals surface area contributed by atoms with Crippen LogP contribution in [0.15, 0.2) is 36.5 Å². The van der Waals surface area contributed by atoms with Crippen LogP contribution in [0.3, 0.4) is 0 Å². The van der Waals surface area contributed by atoms with E-state index in [9.17, 15) is 4.79 Å². The van der Waals surface area contributed by atoms with Crippen molar-refractivity contribution in [1.82, 2.24) is 24.6 Å². The lowest BCUT2D eigenvalue weighted by atomic mass is 9.98. The molecule has 1 amide bonds. The van der Waals surface area contributed by atoms with Crippen LogP contribution in [0.4, 0.5) is 5.95 Å². The molecule has 3 aromatic rings. The number of carbonyl (C=O) groups excluding carboxylic acids is 1. The van der Waals surface area contributed by atoms with E-state index in [4.69, 9.17) is 17.3 Å². The number of benzene rings is 1. The lowest BCUT2D eigenvalue weighted by Crippen LogP contribution is -2.23. The first-order valence-electron chi connectivity index (χ1n) is 7.97.